The van der Waals surface area contributed by atoms with Crippen LogP contribution in [-0.4, -0.2) is 36.2 Å². The Bertz CT molecular complexity index is 70.4. The second-order valence-electron chi connectivity index (χ2n) is 1.80. The van der Waals surface area contributed by atoms with E-state index in [4.69, 9.17) is 5.21 Å². The minimum Gasteiger partial charge on any atom is -0.311 e. The summed E-state index contributed by atoms with van der Waals surface area (Å²) >= 11 is 0. The summed E-state index contributed by atoms with van der Waals surface area (Å²) in [4.78, 5) is 0. The summed E-state index contributed by atoms with van der Waals surface area (Å²) in [5.41, 5.74) is 0. The van der Waals surface area contributed by atoms with E-state index in [2.05, 4.69) is 5.32 Å². The first-order valence-corrected chi connectivity index (χ1v) is 2.61. The van der Waals surface area contributed by atoms with Crippen LogP contribution >= 0.6 is 0 Å². The van der Waals surface area contributed by atoms with E-state index in [9.17, 15) is 4.39 Å². The second-order valence-corrected chi connectivity index (χ2v) is 1.80. The Kier molecular flexibility index (Phi) is 1.77. The number of piperazine rings is 1. The first kappa shape index (κ1) is 5.94. The number of halogens is 1. The van der Waals surface area contributed by atoms with Crippen molar-refractivity contribution in [3.8, 4) is 0 Å². The topological polar surface area (TPSA) is 35.5 Å². The van der Waals surface area contributed by atoms with E-state index in [-0.39, 0.29) is 6.54 Å². The third kappa shape index (κ3) is 1.15. The fourth-order valence-corrected chi connectivity index (χ4v) is 0.660. The van der Waals surface area contributed by atoms with Crippen molar-refractivity contribution in [2.75, 3.05) is 19.6 Å². The summed E-state index contributed by atoms with van der Waals surface area (Å²) in [6.45, 7) is 1.27. The SMILES string of the molecule is ON1CCNCC1F. The van der Waals surface area contributed by atoms with E-state index in [0.717, 1.165) is 0 Å². The van der Waals surface area contributed by atoms with Crippen LogP contribution in [0, 0.1) is 0 Å². The first-order valence-electron chi connectivity index (χ1n) is 2.61. The molecule has 0 aromatic heterocycles. The standard InChI is InChI=1S/C4H9FN2O/c5-4-3-6-1-2-7(4)8/h4,6,8H,1-3H2. The van der Waals surface area contributed by atoms with Crippen LogP contribution in [0.1, 0.15) is 0 Å². The fraction of sp³-hybridized carbons (Fsp3) is 1.00. The largest absolute Gasteiger partial charge is 0.311 e. The molecular formula is C4H9FN2O. The van der Waals surface area contributed by atoms with Crippen LogP contribution in [0.4, 0.5) is 4.39 Å². The smallest absolute Gasteiger partial charge is 0.187 e. The summed E-state index contributed by atoms with van der Waals surface area (Å²) in [5.74, 6) is 0. The van der Waals surface area contributed by atoms with E-state index in [1.165, 1.54) is 0 Å². The van der Waals surface area contributed by atoms with Gasteiger partial charge in [-0.05, 0) is 0 Å². The molecule has 0 spiro atoms. The van der Waals surface area contributed by atoms with Crippen molar-refractivity contribution in [3.05, 3.63) is 0 Å². The summed E-state index contributed by atoms with van der Waals surface area (Å²) < 4.78 is 12.2. The molecule has 1 heterocycles. The molecule has 48 valence electrons. The number of alkyl halides is 1. The van der Waals surface area contributed by atoms with Crippen LogP contribution in [0.5, 0.6) is 0 Å². The van der Waals surface area contributed by atoms with Crippen molar-refractivity contribution in [3.63, 3.8) is 0 Å². The van der Waals surface area contributed by atoms with Crippen molar-refractivity contribution in [1.82, 2.24) is 10.4 Å². The minimum atomic E-state index is -1.22. The van der Waals surface area contributed by atoms with Gasteiger partial charge in [0.1, 0.15) is 0 Å². The average molecular weight is 120 g/mol. The number of hydrogen-bond acceptors (Lipinski definition) is 3. The third-order valence-corrected chi connectivity index (χ3v) is 1.15. The average Bonchev–Trinajstić information content (AvgIpc) is 1.77. The molecule has 8 heavy (non-hydrogen) atoms. The Hall–Kier alpha value is -0.190. The van der Waals surface area contributed by atoms with Gasteiger partial charge in [-0.1, -0.05) is 0 Å². The molecule has 0 bridgehead atoms. The van der Waals surface area contributed by atoms with E-state index < -0.39 is 6.30 Å². The lowest BCUT2D eigenvalue weighted by molar-refractivity contribution is -0.175. The number of hydrogen-bond donors (Lipinski definition) is 2. The Morgan fingerprint density at radius 2 is 2.50 bits per heavy atom. The van der Waals surface area contributed by atoms with Gasteiger partial charge >= 0.3 is 0 Å². The molecule has 1 saturated heterocycles. The summed E-state index contributed by atoms with van der Waals surface area (Å²) in [6.07, 6.45) is -1.22. The predicted molar refractivity (Wildman–Crippen MR) is 26.3 cm³/mol. The molecule has 0 amide bonds. The molecule has 2 N–H and O–H groups in total. The molecule has 3 nitrogen and oxygen atoms in total. The predicted octanol–water partition coefficient (Wildman–Crippen LogP) is -0.424. The van der Waals surface area contributed by atoms with Crippen molar-refractivity contribution in [2.45, 2.75) is 6.30 Å². The Morgan fingerprint density at radius 3 is 2.88 bits per heavy atom. The summed E-state index contributed by atoms with van der Waals surface area (Å²) in [7, 11) is 0. The number of nitrogens with one attached hydrogen (secondary N) is 1. The highest BCUT2D eigenvalue weighted by atomic mass is 19.1. The van der Waals surface area contributed by atoms with Gasteiger partial charge < -0.3 is 10.5 Å². The molecule has 1 atom stereocenters. The molecule has 1 aliphatic rings. The van der Waals surface area contributed by atoms with Gasteiger partial charge in [0.15, 0.2) is 6.30 Å². The van der Waals surface area contributed by atoms with E-state index in [0.29, 0.717) is 18.2 Å². The first-order chi connectivity index (χ1) is 3.80. The number of nitrogens with zero attached hydrogens (tertiary/aromatic N) is 1. The van der Waals surface area contributed by atoms with Crippen molar-refractivity contribution in [2.24, 2.45) is 0 Å². The quantitative estimate of drug-likeness (QED) is 0.426. The lowest BCUT2D eigenvalue weighted by Crippen LogP contribution is -2.47. The van der Waals surface area contributed by atoms with Crippen molar-refractivity contribution >= 4 is 0 Å². The van der Waals surface area contributed by atoms with Crippen LogP contribution in [0.15, 0.2) is 0 Å². The molecular weight excluding hydrogens is 111 g/mol. The van der Waals surface area contributed by atoms with Crippen molar-refractivity contribution in [1.29, 1.82) is 0 Å². The van der Waals surface area contributed by atoms with Gasteiger partial charge in [-0.3, -0.25) is 0 Å². The van der Waals surface area contributed by atoms with Crippen LogP contribution in [-0.2, 0) is 0 Å². The molecule has 0 aliphatic carbocycles. The van der Waals surface area contributed by atoms with Gasteiger partial charge in [-0.15, -0.1) is 0 Å². The molecule has 0 aromatic carbocycles. The monoisotopic (exact) mass is 120 g/mol. The molecule has 1 aliphatic heterocycles. The molecule has 1 rings (SSSR count). The van der Waals surface area contributed by atoms with E-state index in [1.54, 1.807) is 0 Å². The zero-order valence-electron chi connectivity index (χ0n) is 4.47. The maximum absolute atomic E-state index is 12.2. The maximum Gasteiger partial charge on any atom is 0.187 e. The van der Waals surface area contributed by atoms with Crippen LogP contribution in [0.2, 0.25) is 0 Å². The van der Waals surface area contributed by atoms with E-state index >= 15 is 0 Å². The lowest BCUT2D eigenvalue weighted by atomic mass is 10.4. The molecule has 0 saturated carbocycles. The highest BCUT2D eigenvalue weighted by Gasteiger charge is 2.17. The molecule has 0 radical (unpaired) electrons. The highest BCUT2D eigenvalue weighted by Crippen LogP contribution is 1.98. The third-order valence-electron chi connectivity index (χ3n) is 1.15. The zero-order valence-corrected chi connectivity index (χ0v) is 4.47. The number of hydroxylamine groups is 2. The normalized spacial score (nSPS) is 33.0. The van der Waals surface area contributed by atoms with Crippen LogP contribution < -0.4 is 5.32 Å². The minimum absolute atomic E-state index is 0.233. The van der Waals surface area contributed by atoms with Crippen molar-refractivity contribution < 1.29 is 9.60 Å². The van der Waals surface area contributed by atoms with Gasteiger partial charge in [0.05, 0.1) is 0 Å². The van der Waals surface area contributed by atoms with Gasteiger partial charge in [-0.25, -0.2) is 4.39 Å². The van der Waals surface area contributed by atoms with Gasteiger partial charge in [-0.2, -0.15) is 5.06 Å². The molecule has 0 aromatic rings. The van der Waals surface area contributed by atoms with Crippen LogP contribution in [0.3, 0.4) is 0 Å². The Labute approximate surface area is 47.1 Å². The molecule has 1 fully saturated rings. The Morgan fingerprint density at radius 1 is 1.75 bits per heavy atom. The maximum atomic E-state index is 12.2. The summed E-state index contributed by atoms with van der Waals surface area (Å²) in [6, 6.07) is 0. The van der Waals surface area contributed by atoms with Gasteiger partial charge in [0.25, 0.3) is 0 Å². The second kappa shape index (κ2) is 2.39. The molecule has 1 unspecified atom stereocenters. The van der Waals surface area contributed by atoms with E-state index in [1.807, 2.05) is 0 Å². The zero-order chi connectivity index (χ0) is 5.98. The Balaban J connectivity index is 2.28. The van der Waals surface area contributed by atoms with Crippen LogP contribution in [0.25, 0.3) is 0 Å². The summed E-state index contributed by atoms with van der Waals surface area (Å²) in [5, 5.41) is 12.1. The van der Waals surface area contributed by atoms with Gasteiger partial charge in [0, 0.05) is 19.6 Å². The van der Waals surface area contributed by atoms with Gasteiger partial charge in [0.2, 0.25) is 0 Å². The lowest BCUT2D eigenvalue weighted by Gasteiger charge is -2.24. The number of rotatable bonds is 0. The highest BCUT2D eigenvalue weighted by molar-refractivity contribution is 4.63. The fourth-order valence-electron chi connectivity index (χ4n) is 0.660. The molecule has 4 heteroatoms.